The number of aryl methyl sites for hydroxylation is 1. The van der Waals surface area contributed by atoms with Gasteiger partial charge in [-0.15, -0.1) is 0 Å². The number of aromatic amines is 1. The van der Waals surface area contributed by atoms with Crippen molar-refractivity contribution in [2.24, 2.45) is 0 Å². The third-order valence-electron chi connectivity index (χ3n) is 6.16. The van der Waals surface area contributed by atoms with Crippen LogP contribution >= 0.6 is 0 Å². The lowest BCUT2D eigenvalue weighted by atomic mass is 10.0. The number of nitrogens with zero attached hydrogens (tertiary/aromatic N) is 5. The van der Waals surface area contributed by atoms with Crippen LogP contribution in [0.1, 0.15) is 42.3 Å². The molecule has 0 unspecified atom stereocenters. The maximum Gasteiger partial charge on any atom is 0.280 e. The number of carbonyl (C=O) groups excluding carboxylic acids is 1. The summed E-state index contributed by atoms with van der Waals surface area (Å²) in [6.45, 7) is 11.5. The zero-order valence-electron chi connectivity index (χ0n) is 19.4. The zero-order chi connectivity index (χ0) is 23.8. The van der Waals surface area contributed by atoms with Crippen LogP contribution in [0.2, 0.25) is 0 Å². The lowest BCUT2D eigenvalue weighted by molar-refractivity contribution is 0.0451. The second-order valence-corrected chi connectivity index (χ2v) is 9.32. The number of H-pyrrole nitrogens is 1. The predicted molar refractivity (Wildman–Crippen MR) is 126 cm³/mol. The smallest absolute Gasteiger partial charge is 0.280 e. The minimum atomic E-state index is -0.243. The first-order chi connectivity index (χ1) is 15.7. The number of carbonyl (C=O) groups is 1. The van der Waals surface area contributed by atoms with Gasteiger partial charge in [-0.2, -0.15) is 5.26 Å². The largest absolute Gasteiger partial charge is 0.336 e. The third-order valence-corrected chi connectivity index (χ3v) is 6.16. The highest BCUT2D eigenvalue weighted by molar-refractivity contribution is 5.94. The molecule has 1 aliphatic heterocycles. The third kappa shape index (κ3) is 4.45. The van der Waals surface area contributed by atoms with Crippen molar-refractivity contribution in [1.29, 1.82) is 5.26 Å². The molecule has 170 valence electrons. The van der Waals surface area contributed by atoms with E-state index in [1.807, 2.05) is 11.8 Å². The Hall–Kier alpha value is -3.70. The van der Waals surface area contributed by atoms with Gasteiger partial charge in [-0.25, -0.2) is 9.67 Å². The van der Waals surface area contributed by atoms with Crippen molar-refractivity contribution in [2.75, 3.05) is 26.2 Å². The SMILES string of the molecule is Cc1cc(C#N)ccc1-c1c[nH]n(-c2ccc(C(=O)N3CCN(C(C)(C)C)CC3)cn2)c1=O. The predicted octanol–water partition coefficient (Wildman–Crippen LogP) is 2.96. The van der Waals surface area contributed by atoms with Crippen LogP contribution in [0.15, 0.2) is 47.5 Å². The molecule has 2 aromatic heterocycles. The summed E-state index contributed by atoms with van der Waals surface area (Å²) in [6, 6.07) is 10.7. The molecule has 1 aliphatic rings. The van der Waals surface area contributed by atoms with Gasteiger partial charge in [0.2, 0.25) is 0 Å². The minimum Gasteiger partial charge on any atom is -0.336 e. The molecule has 3 aromatic rings. The van der Waals surface area contributed by atoms with Gasteiger partial charge >= 0.3 is 0 Å². The summed E-state index contributed by atoms with van der Waals surface area (Å²) in [7, 11) is 0. The van der Waals surface area contributed by atoms with Crippen LogP contribution in [0.4, 0.5) is 0 Å². The second kappa shape index (κ2) is 8.68. The van der Waals surface area contributed by atoms with Crippen molar-refractivity contribution in [2.45, 2.75) is 33.2 Å². The Bertz CT molecular complexity index is 1270. The van der Waals surface area contributed by atoms with E-state index in [4.69, 9.17) is 5.26 Å². The van der Waals surface area contributed by atoms with E-state index in [0.717, 1.165) is 24.2 Å². The molecule has 1 amide bonds. The Morgan fingerprint density at radius 1 is 1.09 bits per heavy atom. The van der Waals surface area contributed by atoms with Crippen molar-refractivity contribution >= 4 is 5.91 Å². The van der Waals surface area contributed by atoms with Crippen LogP contribution in [0, 0.1) is 18.3 Å². The minimum absolute atomic E-state index is 0.0460. The van der Waals surface area contributed by atoms with Gasteiger partial charge in [0.25, 0.3) is 11.5 Å². The molecule has 0 atom stereocenters. The number of piperazine rings is 1. The number of amides is 1. The van der Waals surface area contributed by atoms with Crippen LogP contribution in [-0.2, 0) is 0 Å². The van der Waals surface area contributed by atoms with Crippen LogP contribution < -0.4 is 5.56 Å². The van der Waals surface area contributed by atoms with E-state index in [1.54, 1.807) is 36.5 Å². The Kier molecular flexibility index (Phi) is 5.91. The molecule has 8 heteroatoms. The average molecular weight is 445 g/mol. The Labute approximate surface area is 193 Å². The van der Waals surface area contributed by atoms with E-state index in [1.165, 1.54) is 10.9 Å². The summed E-state index contributed by atoms with van der Waals surface area (Å²) in [4.78, 5) is 34.5. The lowest BCUT2D eigenvalue weighted by Crippen LogP contribution is -2.54. The second-order valence-electron chi connectivity index (χ2n) is 9.32. The molecule has 33 heavy (non-hydrogen) atoms. The monoisotopic (exact) mass is 444 g/mol. The molecule has 0 bridgehead atoms. The van der Waals surface area contributed by atoms with E-state index in [9.17, 15) is 9.59 Å². The molecule has 1 N–H and O–H groups in total. The molecule has 8 nitrogen and oxygen atoms in total. The molecule has 1 aromatic carbocycles. The van der Waals surface area contributed by atoms with Crippen LogP contribution in [0.3, 0.4) is 0 Å². The van der Waals surface area contributed by atoms with Crippen molar-refractivity contribution in [3.05, 3.63) is 69.8 Å². The van der Waals surface area contributed by atoms with Gasteiger partial charge in [0, 0.05) is 44.1 Å². The maximum absolute atomic E-state index is 13.0. The van der Waals surface area contributed by atoms with Crippen molar-refractivity contribution in [1.82, 2.24) is 24.6 Å². The summed E-state index contributed by atoms with van der Waals surface area (Å²) < 4.78 is 1.35. The normalized spacial score (nSPS) is 14.8. The molecular weight excluding hydrogens is 416 g/mol. The average Bonchev–Trinajstić information content (AvgIpc) is 3.19. The lowest BCUT2D eigenvalue weighted by Gasteiger charge is -2.42. The standard InChI is InChI=1S/C25H28N6O2/c1-17-13-18(14-26)5-7-20(17)21-16-28-31(24(21)33)22-8-6-19(15-27-22)23(32)29-9-11-30(12-10-29)25(2,3)4/h5-8,13,15-16,28H,9-12H2,1-4H3. The molecular formula is C25H28N6O2. The highest BCUT2D eigenvalue weighted by Gasteiger charge is 2.28. The van der Waals surface area contributed by atoms with Gasteiger partial charge in [-0.05, 0) is 63.1 Å². The molecule has 0 spiro atoms. The summed E-state index contributed by atoms with van der Waals surface area (Å²) >= 11 is 0. The Morgan fingerprint density at radius 3 is 2.39 bits per heavy atom. The molecule has 0 saturated carbocycles. The van der Waals surface area contributed by atoms with Crippen molar-refractivity contribution in [3.8, 4) is 23.0 Å². The number of rotatable bonds is 3. The first kappa shape index (κ1) is 22.5. The first-order valence-electron chi connectivity index (χ1n) is 11.0. The van der Waals surface area contributed by atoms with Crippen molar-refractivity contribution < 1.29 is 4.79 Å². The highest BCUT2D eigenvalue weighted by Crippen LogP contribution is 2.22. The number of hydrogen-bond donors (Lipinski definition) is 1. The summed E-state index contributed by atoms with van der Waals surface area (Å²) in [5.74, 6) is 0.363. The number of nitrogens with one attached hydrogen (secondary N) is 1. The molecule has 1 saturated heterocycles. The van der Waals surface area contributed by atoms with Gasteiger partial charge in [0.1, 0.15) is 0 Å². The summed E-state index contributed by atoms with van der Waals surface area (Å²) in [6.07, 6.45) is 3.15. The topological polar surface area (TPSA) is 98.0 Å². The molecule has 3 heterocycles. The Morgan fingerprint density at radius 2 is 1.82 bits per heavy atom. The number of hydrogen-bond acceptors (Lipinski definition) is 5. The number of aromatic nitrogens is 3. The molecule has 1 fully saturated rings. The van der Waals surface area contributed by atoms with Crippen molar-refractivity contribution in [3.63, 3.8) is 0 Å². The van der Waals surface area contributed by atoms with E-state index in [0.29, 0.717) is 35.6 Å². The molecule has 4 rings (SSSR count). The van der Waals surface area contributed by atoms with Gasteiger partial charge in [0.15, 0.2) is 5.82 Å². The number of nitriles is 1. The van der Waals surface area contributed by atoms with Crippen LogP contribution in [0.25, 0.3) is 16.9 Å². The fraction of sp³-hybridized carbons (Fsp3) is 0.360. The van der Waals surface area contributed by atoms with E-state index >= 15 is 0 Å². The summed E-state index contributed by atoms with van der Waals surface area (Å²) in [5, 5.41) is 12.0. The maximum atomic E-state index is 13.0. The fourth-order valence-electron chi connectivity index (χ4n) is 4.18. The van der Waals surface area contributed by atoms with Gasteiger partial charge < -0.3 is 4.90 Å². The van der Waals surface area contributed by atoms with Crippen LogP contribution in [0.5, 0.6) is 0 Å². The van der Waals surface area contributed by atoms with Gasteiger partial charge in [0.05, 0.1) is 22.8 Å². The van der Waals surface area contributed by atoms with E-state index in [2.05, 4.69) is 41.8 Å². The summed E-state index contributed by atoms with van der Waals surface area (Å²) in [5.41, 5.74) is 3.01. The number of pyridine rings is 1. The van der Waals surface area contributed by atoms with Gasteiger partial charge in [-0.3, -0.25) is 19.6 Å². The quantitative estimate of drug-likeness (QED) is 0.670. The fourth-order valence-corrected chi connectivity index (χ4v) is 4.18. The first-order valence-corrected chi connectivity index (χ1v) is 11.0. The molecule has 0 aliphatic carbocycles. The van der Waals surface area contributed by atoms with E-state index < -0.39 is 0 Å². The Balaban J connectivity index is 1.51. The van der Waals surface area contributed by atoms with Gasteiger partial charge in [-0.1, -0.05) is 6.07 Å². The zero-order valence-corrected chi connectivity index (χ0v) is 19.4. The highest BCUT2D eigenvalue weighted by atomic mass is 16.2. The van der Waals surface area contributed by atoms with E-state index in [-0.39, 0.29) is 17.0 Å². The molecule has 0 radical (unpaired) electrons. The van der Waals surface area contributed by atoms with Crippen LogP contribution in [-0.4, -0.2) is 62.2 Å². The number of benzene rings is 1.